The van der Waals surface area contributed by atoms with Crippen molar-refractivity contribution < 1.29 is 19.1 Å². The maximum absolute atomic E-state index is 13.4. The van der Waals surface area contributed by atoms with E-state index in [1.165, 1.54) is 0 Å². The normalized spacial score (nSPS) is 13.9. The summed E-state index contributed by atoms with van der Waals surface area (Å²) in [5.41, 5.74) is 10.9. The quantitative estimate of drug-likeness (QED) is 0.296. The summed E-state index contributed by atoms with van der Waals surface area (Å²) in [5.74, 6) is 2.07. The maximum atomic E-state index is 13.4. The number of nitrogens with two attached hydrogens (primary N) is 1. The van der Waals surface area contributed by atoms with Gasteiger partial charge in [0.15, 0.2) is 0 Å². The number of aromatic nitrogens is 4. The molecule has 1 fully saturated rings. The zero-order valence-corrected chi connectivity index (χ0v) is 24.8. The minimum atomic E-state index is -0.263. The Bertz CT molecular complexity index is 1850. The Kier molecular flexibility index (Phi) is 7.49. The predicted molar refractivity (Wildman–Crippen MR) is 165 cm³/mol. The molecule has 0 atom stereocenters. The van der Waals surface area contributed by atoms with Crippen molar-refractivity contribution in [1.82, 2.24) is 23.8 Å². The van der Waals surface area contributed by atoms with E-state index in [2.05, 4.69) is 14.7 Å². The van der Waals surface area contributed by atoms with Crippen molar-refractivity contribution in [3.8, 4) is 22.8 Å². The number of ether oxygens (including phenoxy) is 2. The van der Waals surface area contributed by atoms with E-state index in [0.717, 1.165) is 52.0 Å². The number of benzene rings is 2. The summed E-state index contributed by atoms with van der Waals surface area (Å²) in [6, 6.07) is 13.2. The molecule has 5 aromatic rings. The number of likely N-dealkylation sites (tertiary alicyclic amines) is 1. The molecule has 0 spiro atoms. The van der Waals surface area contributed by atoms with Gasteiger partial charge < -0.3 is 30.0 Å². The number of imidazole rings is 1. The standard InChI is InChI=1S/C32H35N7O4/c1-19-30-29(36-31(39(30)15-12-34-19)20-10-13-38(14-11-20)28(40)18-33)21-8-9-23(27(16-21)43-4)35-32(41)25-17-22-24(37(25)2)6-5-7-26(22)42-3/h5-9,12,15-17,20H,10-11,13-14,18,33H2,1-4H3,(H,35,41). The number of piperidine rings is 1. The minimum Gasteiger partial charge on any atom is -0.496 e. The van der Waals surface area contributed by atoms with Crippen molar-refractivity contribution in [2.24, 2.45) is 12.8 Å². The molecule has 0 radical (unpaired) electrons. The summed E-state index contributed by atoms with van der Waals surface area (Å²) in [4.78, 5) is 37.0. The number of amides is 2. The van der Waals surface area contributed by atoms with Crippen molar-refractivity contribution in [1.29, 1.82) is 0 Å². The van der Waals surface area contributed by atoms with Crippen LogP contribution in [0.1, 0.15) is 40.8 Å². The Morgan fingerprint density at radius 1 is 1.07 bits per heavy atom. The van der Waals surface area contributed by atoms with E-state index in [9.17, 15) is 9.59 Å². The van der Waals surface area contributed by atoms with Gasteiger partial charge >= 0.3 is 0 Å². The smallest absolute Gasteiger partial charge is 0.272 e. The van der Waals surface area contributed by atoms with Crippen molar-refractivity contribution in [3.05, 3.63) is 72.1 Å². The number of nitrogens with one attached hydrogen (secondary N) is 1. The number of hydrogen-bond acceptors (Lipinski definition) is 7. The average molecular weight is 582 g/mol. The first-order valence-electron chi connectivity index (χ1n) is 14.3. The van der Waals surface area contributed by atoms with E-state index < -0.39 is 0 Å². The van der Waals surface area contributed by atoms with Crippen LogP contribution in [0.5, 0.6) is 11.5 Å². The van der Waals surface area contributed by atoms with Gasteiger partial charge in [0, 0.05) is 49.4 Å². The van der Waals surface area contributed by atoms with Gasteiger partial charge in [-0.3, -0.25) is 19.0 Å². The van der Waals surface area contributed by atoms with Gasteiger partial charge in [0.1, 0.15) is 23.0 Å². The fourth-order valence-corrected chi connectivity index (χ4v) is 6.08. The number of rotatable bonds is 7. The summed E-state index contributed by atoms with van der Waals surface area (Å²) in [7, 11) is 5.05. The molecule has 2 amide bonds. The molecule has 0 unspecified atom stereocenters. The third-order valence-electron chi connectivity index (χ3n) is 8.38. The van der Waals surface area contributed by atoms with Crippen LogP contribution in [0.15, 0.2) is 54.9 Å². The number of carbonyl (C=O) groups is 2. The zero-order chi connectivity index (χ0) is 30.2. The highest BCUT2D eigenvalue weighted by molar-refractivity contribution is 6.08. The molecule has 222 valence electrons. The summed E-state index contributed by atoms with van der Waals surface area (Å²) in [6.45, 7) is 3.31. The minimum absolute atomic E-state index is 0.0217. The van der Waals surface area contributed by atoms with Gasteiger partial charge in [-0.05, 0) is 50.1 Å². The average Bonchev–Trinajstić information content (AvgIpc) is 3.60. The molecular weight excluding hydrogens is 546 g/mol. The van der Waals surface area contributed by atoms with E-state index in [-0.39, 0.29) is 24.3 Å². The van der Waals surface area contributed by atoms with Crippen LogP contribution in [-0.4, -0.2) is 69.5 Å². The Morgan fingerprint density at radius 2 is 1.84 bits per heavy atom. The van der Waals surface area contributed by atoms with Crippen molar-refractivity contribution >= 4 is 33.9 Å². The van der Waals surface area contributed by atoms with Crippen LogP contribution in [0.2, 0.25) is 0 Å². The van der Waals surface area contributed by atoms with Crippen molar-refractivity contribution in [2.75, 3.05) is 39.2 Å². The number of fused-ring (bicyclic) bond motifs is 2. The van der Waals surface area contributed by atoms with Crippen LogP contribution in [0, 0.1) is 6.92 Å². The Balaban J connectivity index is 1.32. The second-order valence-corrected chi connectivity index (χ2v) is 10.8. The zero-order valence-electron chi connectivity index (χ0n) is 24.8. The van der Waals surface area contributed by atoms with Crippen LogP contribution in [-0.2, 0) is 11.8 Å². The molecule has 2 aromatic carbocycles. The summed E-state index contributed by atoms with van der Waals surface area (Å²) in [5, 5.41) is 3.88. The molecule has 11 heteroatoms. The number of hydrogen-bond donors (Lipinski definition) is 2. The Hall–Kier alpha value is -4.90. The molecule has 0 aliphatic carbocycles. The number of carbonyl (C=O) groups excluding carboxylic acids is 2. The molecular formula is C32H35N7O4. The van der Waals surface area contributed by atoms with Gasteiger partial charge in [0.2, 0.25) is 5.91 Å². The lowest BCUT2D eigenvalue weighted by molar-refractivity contribution is -0.130. The third kappa shape index (κ3) is 4.95. The second kappa shape index (κ2) is 11.4. The van der Waals surface area contributed by atoms with Gasteiger partial charge in [-0.15, -0.1) is 0 Å². The highest BCUT2D eigenvalue weighted by Crippen LogP contribution is 2.37. The Labute approximate surface area is 249 Å². The SMILES string of the molecule is COc1cc(-c2nc(C3CCN(C(=O)CN)CC3)n3ccnc(C)c23)ccc1NC(=O)c1cc2c(OC)cccc2n1C. The highest BCUT2D eigenvalue weighted by atomic mass is 16.5. The topological polar surface area (TPSA) is 129 Å². The van der Waals surface area contributed by atoms with Crippen LogP contribution in [0.3, 0.4) is 0 Å². The van der Waals surface area contributed by atoms with Crippen LogP contribution < -0.4 is 20.5 Å². The number of aryl methyl sites for hydroxylation is 2. The summed E-state index contributed by atoms with van der Waals surface area (Å²) < 4.78 is 15.2. The predicted octanol–water partition coefficient (Wildman–Crippen LogP) is 4.13. The molecule has 0 saturated carbocycles. The first-order valence-corrected chi connectivity index (χ1v) is 14.3. The summed E-state index contributed by atoms with van der Waals surface area (Å²) in [6.07, 6.45) is 5.34. The van der Waals surface area contributed by atoms with Crippen LogP contribution in [0.25, 0.3) is 27.7 Å². The lowest BCUT2D eigenvalue weighted by atomic mass is 9.96. The van der Waals surface area contributed by atoms with Crippen LogP contribution >= 0.6 is 0 Å². The molecule has 11 nitrogen and oxygen atoms in total. The molecule has 3 N–H and O–H groups in total. The lowest BCUT2D eigenvalue weighted by Gasteiger charge is -2.31. The molecule has 1 aliphatic rings. The van der Waals surface area contributed by atoms with Gasteiger partial charge in [0.05, 0.1) is 48.9 Å². The van der Waals surface area contributed by atoms with Crippen molar-refractivity contribution in [2.45, 2.75) is 25.7 Å². The third-order valence-corrected chi connectivity index (χ3v) is 8.38. The number of nitrogens with zero attached hydrogens (tertiary/aromatic N) is 5. The molecule has 1 saturated heterocycles. The first-order chi connectivity index (χ1) is 20.8. The monoisotopic (exact) mass is 581 g/mol. The van der Waals surface area contributed by atoms with E-state index in [4.69, 9.17) is 20.2 Å². The maximum Gasteiger partial charge on any atom is 0.272 e. The van der Waals surface area contributed by atoms with Crippen molar-refractivity contribution in [3.63, 3.8) is 0 Å². The van der Waals surface area contributed by atoms with Gasteiger partial charge in [-0.1, -0.05) is 12.1 Å². The van der Waals surface area contributed by atoms with Crippen LogP contribution in [0.4, 0.5) is 5.69 Å². The van der Waals surface area contributed by atoms with E-state index >= 15 is 0 Å². The second-order valence-electron chi connectivity index (χ2n) is 10.8. The summed E-state index contributed by atoms with van der Waals surface area (Å²) >= 11 is 0. The molecule has 43 heavy (non-hydrogen) atoms. The molecule has 4 heterocycles. The Morgan fingerprint density at radius 3 is 2.56 bits per heavy atom. The van der Waals surface area contributed by atoms with E-state index in [0.29, 0.717) is 36.0 Å². The largest absolute Gasteiger partial charge is 0.496 e. The fourth-order valence-electron chi connectivity index (χ4n) is 6.08. The molecule has 1 aliphatic heterocycles. The fraction of sp³-hybridized carbons (Fsp3) is 0.312. The highest BCUT2D eigenvalue weighted by Gasteiger charge is 2.28. The van der Waals surface area contributed by atoms with E-state index in [1.54, 1.807) is 20.4 Å². The van der Waals surface area contributed by atoms with Gasteiger partial charge in [-0.25, -0.2) is 4.98 Å². The molecule has 0 bridgehead atoms. The first kappa shape index (κ1) is 28.2. The lowest BCUT2D eigenvalue weighted by Crippen LogP contribution is -2.41. The van der Waals surface area contributed by atoms with E-state index in [1.807, 2.05) is 72.1 Å². The van der Waals surface area contributed by atoms with Gasteiger partial charge in [-0.2, -0.15) is 0 Å². The molecule has 3 aromatic heterocycles. The van der Waals surface area contributed by atoms with Gasteiger partial charge in [0.25, 0.3) is 5.91 Å². The molecule has 6 rings (SSSR count). The number of anilines is 1. The number of methoxy groups -OCH3 is 2.